The average molecular weight is 251 g/mol. The number of likely N-dealkylation sites (N-methyl/N-ethyl adjacent to an activating group) is 1. The second-order valence-corrected chi connectivity index (χ2v) is 3.56. The van der Waals surface area contributed by atoms with E-state index < -0.39 is 0 Å². The van der Waals surface area contributed by atoms with E-state index in [9.17, 15) is 4.79 Å². The lowest BCUT2D eigenvalue weighted by Gasteiger charge is -2.23. The molecule has 0 saturated carbocycles. The fraction of sp³-hybridized carbons (Fsp3) is 0.727. The third-order valence-corrected chi connectivity index (χ3v) is 2.31. The molecule has 0 saturated heterocycles. The number of ether oxygens (including phenoxy) is 1. The SMILES string of the molecule is C=CCOCCCC(=O)N(C)C(C)CN.Cl. The first kappa shape index (κ1) is 17.8. The maximum absolute atomic E-state index is 11.6. The highest BCUT2D eigenvalue weighted by Gasteiger charge is 2.13. The highest BCUT2D eigenvalue weighted by Crippen LogP contribution is 2.00. The van der Waals surface area contributed by atoms with E-state index in [-0.39, 0.29) is 24.4 Å². The number of nitrogens with two attached hydrogens (primary N) is 1. The molecule has 0 aliphatic heterocycles. The minimum Gasteiger partial charge on any atom is -0.377 e. The summed E-state index contributed by atoms with van der Waals surface area (Å²) in [6.07, 6.45) is 2.96. The summed E-state index contributed by atoms with van der Waals surface area (Å²) in [6, 6.07) is 0.103. The third kappa shape index (κ3) is 7.68. The number of halogens is 1. The van der Waals surface area contributed by atoms with Crippen LogP contribution >= 0.6 is 12.4 Å². The van der Waals surface area contributed by atoms with Crippen molar-refractivity contribution in [3.05, 3.63) is 12.7 Å². The monoisotopic (exact) mass is 250 g/mol. The Hall–Kier alpha value is -0.580. The van der Waals surface area contributed by atoms with Crippen LogP contribution in [0.5, 0.6) is 0 Å². The van der Waals surface area contributed by atoms with Gasteiger partial charge in [-0.05, 0) is 13.3 Å². The molecule has 0 aromatic heterocycles. The zero-order chi connectivity index (χ0) is 11.7. The van der Waals surface area contributed by atoms with E-state index in [4.69, 9.17) is 10.5 Å². The fourth-order valence-electron chi connectivity index (χ4n) is 1.07. The number of rotatable bonds is 8. The van der Waals surface area contributed by atoms with Crippen LogP contribution in [0.2, 0.25) is 0 Å². The van der Waals surface area contributed by atoms with Crippen LogP contribution in [-0.2, 0) is 9.53 Å². The molecule has 1 atom stereocenters. The summed E-state index contributed by atoms with van der Waals surface area (Å²) in [5, 5.41) is 0. The molecule has 0 aromatic rings. The summed E-state index contributed by atoms with van der Waals surface area (Å²) in [7, 11) is 1.78. The zero-order valence-electron chi connectivity index (χ0n) is 10.1. The topological polar surface area (TPSA) is 55.6 Å². The fourth-order valence-corrected chi connectivity index (χ4v) is 1.07. The van der Waals surface area contributed by atoms with E-state index in [2.05, 4.69) is 6.58 Å². The van der Waals surface area contributed by atoms with Gasteiger partial charge < -0.3 is 15.4 Å². The van der Waals surface area contributed by atoms with Gasteiger partial charge in [-0.3, -0.25) is 4.79 Å². The summed E-state index contributed by atoms with van der Waals surface area (Å²) in [6.45, 7) is 7.12. The summed E-state index contributed by atoms with van der Waals surface area (Å²) >= 11 is 0. The van der Waals surface area contributed by atoms with Crippen molar-refractivity contribution in [1.82, 2.24) is 4.90 Å². The molecule has 0 aliphatic rings. The van der Waals surface area contributed by atoms with Gasteiger partial charge in [-0.2, -0.15) is 0 Å². The summed E-state index contributed by atoms with van der Waals surface area (Å²) in [5.74, 6) is 0.121. The second-order valence-electron chi connectivity index (χ2n) is 3.56. The van der Waals surface area contributed by atoms with Gasteiger partial charge in [-0.1, -0.05) is 6.08 Å². The summed E-state index contributed by atoms with van der Waals surface area (Å²) < 4.78 is 5.19. The lowest BCUT2D eigenvalue weighted by molar-refractivity contribution is -0.131. The Morgan fingerprint density at radius 3 is 2.75 bits per heavy atom. The lowest BCUT2D eigenvalue weighted by atomic mass is 10.2. The molecule has 0 spiro atoms. The van der Waals surface area contributed by atoms with Crippen molar-refractivity contribution in [2.24, 2.45) is 5.73 Å². The first-order valence-corrected chi connectivity index (χ1v) is 5.27. The first-order valence-electron chi connectivity index (χ1n) is 5.27. The number of hydrogen-bond donors (Lipinski definition) is 1. The summed E-state index contributed by atoms with van der Waals surface area (Å²) in [5.41, 5.74) is 5.48. The van der Waals surface area contributed by atoms with Crippen LogP contribution in [0.25, 0.3) is 0 Å². The van der Waals surface area contributed by atoms with Crippen molar-refractivity contribution < 1.29 is 9.53 Å². The van der Waals surface area contributed by atoms with Gasteiger partial charge in [0.1, 0.15) is 0 Å². The van der Waals surface area contributed by atoms with Crippen LogP contribution in [0.3, 0.4) is 0 Å². The Morgan fingerprint density at radius 2 is 2.25 bits per heavy atom. The predicted molar refractivity (Wildman–Crippen MR) is 68.8 cm³/mol. The molecule has 0 aromatic carbocycles. The van der Waals surface area contributed by atoms with Crippen LogP contribution in [0, 0.1) is 0 Å². The maximum Gasteiger partial charge on any atom is 0.222 e. The van der Waals surface area contributed by atoms with Crippen LogP contribution in [0.15, 0.2) is 12.7 Å². The number of carbonyl (C=O) groups excluding carboxylic acids is 1. The second kappa shape index (κ2) is 10.9. The Labute approximate surface area is 104 Å². The predicted octanol–water partition coefficient (Wildman–Crippen LogP) is 1.20. The zero-order valence-corrected chi connectivity index (χ0v) is 11.0. The molecular weight excluding hydrogens is 228 g/mol. The van der Waals surface area contributed by atoms with Gasteiger partial charge in [0.25, 0.3) is 0 Å². The van der Waals surface area contributed by atoms with Gasteiger partial charge in [0.15, 0.2) is 0 Å². The normalized spacial score (nSPS) is 11.4. The molecule has 96 valence electrons. The van der Waals surface area contributed by atoms with E-state index in [1.54, 1.807) is 18.0 Å². The maximum atomic E-state index is 11.6. The average Bonchev–Trinajstić information content (AvgIpc) is 2.26. The van der Waals surface area contributed by atoms with Crippen LogP contribution < -0.4 is 5.73 Å². The molecule has 5 heteroatoms. The molecule has 0 radical (unpaired) electrons. The third-order valence-electron chi connectivity index (χ3n) is 2.31. The molecule has 0 heterocycles. The smallest absolute Gasteiger partial charge is 0.222 e. The van der Waals surface area contributed by atoms with Gasteiger partial charge in [0.05, 0.1) is 6.61 Å². The molecule has 0 fully saturated rings. The molecule has 16 heavy (non-hydrogen) atoms. The van der Waals surface area contributed by atoms with Gasteiger partial charge in [0, 0.05) is 32.7 Å². The minimum atomic E-state index is 0. The largest absolute Gasteiger partial charge is 0.377 e. The highest BCUT2D eigenvalue weighted by atomic mass is 35.5. The molecule has 4 nitrogen and oxygen atoms in total. The number of amides is 1. The van der Waals surface area contributed by atoms with Gasteiger partial charge >= 0.3 is 0 Å². The molecular formula is C11H23ClN2O2. The molecule has 1 amide bonds. The van der Waals surface area contributed by atoms with E-state index in [1.807, 2.05) is 6.92 Å². The molecule has 1 unspecified atom stereocenters. The van der Waals surface area contributed by atoms with E-state index in [1.165, 1.54) is 0 Å². The van der Waals surface area contributed by atoms with Crippen LogP contribution in [0.1, 0.15) is 19.8 Å². The van der Waals surface area contributed by atoms with E-state index in [0.29, 0.717) is 26.2 Å². The highest BCUT2D eigenvalue weighted by molar-refractivity contribution is 5.85. The molecule has 0 bridgehead atoms. The standard InChI is InChI=1S/C11H22N2O2.ClH/c1-4-7-15-8-5-6-11(14)13(3)10(2)9-12;/h4,10H,1,5-9,12H2,2-3H3;1H. The lowest BCUT2D eigenvalue weighted by Crippen LogP contribution is -2.39. The van der Waals surface area contributed by atoms with Crippen LogP contribution in [0.4, 0.5) is 0 Å². The van der Waals surface area contributed by atoms with Gasteiger partial charge in [-0.25, -0.2) is 0 Å². The van der Waals surface area contributed by atoms with Crippen molar-refractivity contribution in [3.8, 4) is 0 Å². The van der Waals surface area contributed by atoms with Crippen molar-refractivity contribution in [3.63, 3.8) is 0 Å². The van der Waals surface area contributed by atoms with Crippen LogP contribution in [-0.4, -0.2) is 43.7 Å². The Balaban J connectivity index is 0. The Bertz CT molecular complexity index is 200. The quantitative estimate of drug-likeness (QED) is 0.520. The summed E-state index contributed by atoms with van der Waals surface area (Å²) in [4.78, 5) is 13.3. The van der Waals surface area contributed by atoms with E-state index >= 15 is 0 Å². The molecule has 0 aliphatic carbocycles. The Morgan fingerprint density at radius 1 is 1.62 bits per heavy atom. The van der Waals surface area contributed by atoms with Crippen molar-refractivity contribution in [1.29, 1.82) is 0 Å². The van der Waals surface area contributed by atoms with Crippen molar-refractivity contribution in [2.45, 2.75) is 25.8 Å². The molecule has 0 rings (SSSR count). The van der Waals surface area contributed by atoms with Gasteiger partial charge in [0.2, 0.25) is 5.91 Å². The Kier molecular flexibility index (Phi) is 12.2. The minimum absolute atomic E-state index is 0. The number of hydrogen-bond acceptors (Lipinski definition) is 3. The number of nitrogens with zero attached hydrogens (tertiary/aromatic N) is 1. The van der Waals surface area contributed by atoms with E-state index in [0.717, 1.165) is 6.42 Å². The van der Waals surface area contributed by atoms with Gasteiger partial charge in [-0.15, -0.1) is 19.0 Å². The first-order chi connectivity index (χ1) is 7.13. The number of carbonyl (C=O) groups is 1. The van der Waals surface area contributed by atoms with Crippen molar-refractivity contribution >= 4 is 18.3 Å². The van der Waals surface area contributed by atoms with Crippen molar-refractivity contribution in [2.75, 3.05) is 26.8 Å². The molecule has 2 N–H and O–H groups in total.